The highest BCUT2D eigenvalue weighted by molar-refractivity contribution is 7.99. The molecule has 0 radical (unpaired) electrons. The number of aliphatic hydroxyl groups excluding tert-OH is 1. The zero-order chi connectivity index (χ0) is 32.9. The zero-order valence-corrected chi connectivity index (χ0v) is 27.0. The quantitative estimate of drug-likeness (QED) is 0.179. The van der Waals surface area contributed by atoms with Crippen LogP contribution in [0, 0.1) is 0 Å². The number of aromatic nitrogens is 6. The standard InChI is InChI=1S/C36H33N7O4S/c1-43-36(40-41-42-43)48-22-29-18-33(25-14-12-23(21-44)13-15-25)47-35(46-29)28-9-5-8-27(17-28)26-7-4-6-24(16-26)19-38-34(45)32-20-37-30-10-2-3-11-31(30)39-32/h2-17,20,29,33,35,44H,18-19,21-22H2,1H3,(H,38,45). The van der Waals surface area contributed by atoms with Crippen molar-refractivity contribution in [1.82, 2.24) is 35.5 Å². The average molecular weight is 660 g/mol. The molecule has 0 bridgehead atoms. The van der Waals surface area contributed by atoms with Crippen LogP contribution < -0.4 is 5.32 Å². The van der Waals surface area contributed by atoms with Gasteiger partial charge in [0.05, 0.1) is 36.0 Å². The predicted octanol–water partition coefficient (Wildman–Crippen LogP) is 5.58. The van der Waals surface area contributed by atoms with Gasteiger partial charge in [-0.1, -0.05) is 84.6 Å². The number of hydrogen-bond donors (Lipinski definition) is 2. The van der Waals surface area contributed by atoms with Crippen LogP contribution in [0.1, 0.15) is 51.6 Å². The Hall–Kier alpha value is -5.01. The molecule has 11 nitrogen and oxygen atoms in total. The summed E-state index contributed by atoms with van der Waals surface area (Å²) >= 11 is 1.54. The number of para-hydroxylation sites is 2. The molecule has 1 fully saturated rings. The summed E-state index contributed by atoms with van der Waals surface area (Å²) in [5, 5.41) is 25.0. The fraction of sp³-hybridized carbons (Fsp3) is 0.222. The van der Waals surface area contributed by atoms with Crippen LogP contribution in [0.15, 0.2) is 108 Å². The predicted molar refractivity (Wildman–Crippen MR) is 181 cm³/mol. The number of rotatable bonds is 10. The zero-order valence-electron chi connectivity index (χ0n) is 26.1. The molecule has 0 aliphatic carbocycles. The molecule has 2 aromatic heterocycles. The third kappa shape index (κ3) is 7.26. The lowest BCUT2D eigenvalue weighted by atomic mass is 9.99. The highest BCUT2D eigenvalue weighted by Gasteiger charge is 2.32. The van der Waals surface area contributed by atoms with E-state index in [1.165, 1.54) is 6.20 Å². The van der Waals surface area contributed by atoms with Crippen LogP contribution >= 0.6 is 11.8 Å². The van der Waals surface area contributed by atoms with Gasteiger partial charge in [-0.3, -0.25) is 9.78 Å². The van der Waals surface area contributed by atoms with E-state index in [2.05, 4.69) is 42.9 Å². The van der Waals surface area contributed by atoms with Crippen molar-refractivity contribution < 1.29 is 19.4 Å². The molecule has 6 aromatic rings. The molecule has 1 aliphatic heterocycles. The van der Waals surface area contributed by atoms with Crippen molar-refractivity contribution >= 4 is 28.7 Å². The summed E-state index contributed by atoms with van der Waals surface area (Å²) in [5.41, 5.74) is 7.42. The second-order valence-corrected chi connectivity index (χ2v) is 12.5. The number of nitrogens with one attached hydrogen (secondary N) is 1. The van der Waals surface area contributed by atoms with Gasteiger partial charge >= 0.3 is 0 Å². The molecule has 3 heterocycles. The number of benzene rings is 4. The normalized spacial score (nSPS) is 17.8. The minimum Gasteiger partial charge on any atom is -0.392 e. The number of carbonyl (C=O) groups excluding carboxylic acids is 1. The summed E-state index contributed by atoms with van der Waals surface area (Å²) in [7, 11) is 1.81. The largest absolute Gasteiger partial charge is 0.392 e. The minimum absolute atomic E-state index is 0.0119. The van der Waals surface area contributed by atoms with Crippen LogP contribution in [0.4, 0.5) is 0 Å². The maximum Gasteiger partial charge on any atom is 0.271 e. The minimum atomic E-state index is -0.602. The van der Waals surface area contributed by atoms with Crippen molar-refractivity contribution in [1.29, 1.82) is 0 Å². The molecule has 4 aromatic carbocycles. The van der Waals surface area contributed by atoms with Crippen LogP contribution in [-0.4, -0.2) is 53.0 Å². The summed E-state index contributed by atoms with van der Waals surface area (Å²) in [4.78, 5) is 21.7. The Morgan fingerprint density at radius 3 is 2.50 bits per heavy atom. The topological polar surface area (TPSA) is 137 Å². The van der Waals surface area contributed by atoms with Crippen LogP contribution in [-0.2, 0) is 29.7 Å². The SMILES string of the molecule is Cn1nnnc1SCC1CC(c2ccc(CO)cc2)OC(c2cccc(-c3cccc(CNC(=O)c4cnc5ccccc5n4)c3)c2)O1. The van der Waals surface area contributed by atoms with E-state index < -0.39 is 6.29 Å². The maximum atomic E-state index is 12.9. The molecule has 1 saturated heterocycles. The van der Waals surface area contributed by atoms with Gasteiger partial charge in [0.25, 0.3) is 5.91 Å². The van der Waals surface area contributed by atoms with Gasteiger partial charge in [-0.2, -0.15) is 0 Å². The monoisotopic (exact) mass is 659 g/mol. The van der Waals surface area contributed by atoms with Gasteiger partial charge in [-0.05, 0) is 62.5 Å². The number of tetrazole rings is 1. The number of aliphatic hydroxyl groups is 1. The molecule has 1 aliphatic rings. The molecule has 3 atom stereocenters. The number of aryl methyl sites for hydroxylation is 1. The van der Waals surface area contributed by atoms with E-state index in [1.54, 1.807) is 16.4 Å². The molecule has 242 valence electrons. The Bertz CT molecular complexity index is 2040. The van der Waals surface area contributed by atoms with E-state index in [0.29, 0.717) is 29.4 Å². The first-order valence-electron chi connectivity index (χ1n) is 15.6. The number of ether oxygens (including phenoxy) is 2. The lowest BCUT2D eigenvalue weighted by molar-refractivity contribution is -0.245. The molecule has 48 heavy (non-hydrogen) atoms. The van der Waals surface area contributed by atoms with Crippen LogP contribution in [0.3, 0.4) is 0 Å². The molecule has 3 unspecified atom stereocenters. The summed E-state index contributed by atoms with van der Waals surface area (Å²) in [6.45, 7) is 0.328. The Morgan fingerprint density at radius 2 is 1.71 bits per heavy atom. The number of carbonyl (C=O) groups is 1. The average Bonchev–Trinajstić information content (AvgIpc) is 3.57. The van der Waals surface area contributed by atoms with E-state index in [-0.39, 0.29) is 30.4 Å². The van der Waals surface area contributed by atoms with Gasteiger partial charge in [-0.15, -0.1) is 5.10 Å². The van der Waals surface area contributed by atoms with Gasteiger partial charge in [0.1, 0.15) is 5.69 Å². The Balaban J connectivity index is 1.07. The Kier molecular flexibility index (Phi) is 9.48. The molecular formula is C36H33N7O4S. The molecule has 0 spiro atoms. The third-order valence-electron chi connectivity index (χ3n) is 8.15. The summed E-state index contributed by atoms with van der Waals surface area (Å²) < 4.78 is 14.8. The van der Waals surface area contributed by atoms with Crippen LogP contribution in [0.5, 0.6) is 0 Å². The number of nitrogens with zero attached hydrogens (tertiary/aromatic N) is 6. The highest BCUT2D eigenvalue weighted by Crippen LogP contribution is 2.40. The third-order valence-corrected chi connectivity index (χ3v) is 9.29. The summed E-state index contributed by atoms with van der Waals surface area (Å²) in [5.74, 6) is 0.369. The second kappa shape index (κ2) is 14.4. The molecule has 2 N–H and O–H groups in total. The van der Waals surface area contributed by atoms with Gasteiger partial charge in [0.15, 0.2) is 6.29 Å². The lowest BCUT2D eigenvalue weighted by Gasteiger charge is -2.36. The first-order chi connectivity index (χ1) is 23.5. The number of thioether (sulfide) groups is 1. The molecule has 1 amide bonds. The first-order valence-corrected chi connectivity index (χ1v) is 16.6. The van der Waals surface area contributed by atoms with Crippen molar-refractivity contribution in [2.24, 2.45) is 7.05 Å². The summed E-state index contributed by atoms with van der Waals surface area (Å²) in [6, 6.07) is 31.5. The molecular weight excluding hydrogens is 627 g/mol. The summed E-state index contributed by atoms with van der Waals surface area (Å²) in [6.07, 6.45) is 1.22. The smallest absolute Gasteiger partial charge is 0.271 e. The fourth-order valence-electron chi connectivity index (χ4n) is 5.60. The fourth-order valence-corrected chi connectivity index (χ4v) is 6.47. The molecule has 12 heteroatoms. The lowest BCUT2D eigenvalue weighted by Crippen LogP contribution is -2.31. The van der Waals surface area contributed by atoms with Crippen molar-refractivity contribution in [2.45, 2.75) is 43.2 Å². The van der Waals surface area contributed by atoms with Gasteiger partial charge in [0.2, 0.25) is 5.16 Å². The van der Waals surface area contributed by atoms with E-state index in [1.807, 2.05) is 92.0 Å². The number of fused-ring (bicyclic) bond motifs is 1. The van der Waals surface area contributed by atoms with E-state index in [9.17, 15) is 9.90 Å². The number of hydrogen-bond acceptors (Lipinski definition) is 10. The van der Waals surface area contributed by atoms with Crippen molar-refractivity contribution in [2.75, 3.05) is 5.75 Å². The van der Waals surface area contributed by atoms with Gasteiger partial charge in [-0.25, -0.2) is 9.67 Å². The Morgan fingerprint density at radius 1 is 0.917 bits per heavy atom. The van der Waals surface area contributed by atoms with E-state index in [0.717, 1.165) is 38.9 Å². The first kappa shape index (κ1) is 31.6. The highest BCUT2D eigenvalue weighted by atomic mass is 32.2. The number of amides is 1. The second-order valence-electron chi connectivity index (χ2n) is 11.5. The molecule has 0 saturated carbocycles. The Labute approximate surface area is 281 Å². The van der Waals surface area contributed by atoms with Crippen LogP contribution in [0.25, 0.3) is 22.2 Å². The van der Waals surface area contributed by atoms with E-state index >= 15 is 0 Å². The van der Waals surface area contributed by atoms with Gasteiger partial charge < -0.3 is 19.9 Å². The maximum absolute atomic E-state index is 12.9. The van der Waals surface area contributed by atoms with Crippen molar-refractivity contribution in [3.8, 4) is 11.1 Å². The van der Waals surface area contributed by atoms with Gasteiger partial charge in [0, 0.05) is 31.3 Å². The van der Waals surface area contributed by atoms with Crippen molar-refractivity contribution in [3.05, 3.63) is 131 Å². The van der Waals surface area contributed by atoms with E-state index in [4.69, 9.17) is 9.47 Å². The van der Waals surface area contributed by atoms with Crippen molar-refractivity contribution in [3.63, 3.8) is 0 Å². The van der Waals surface area contributed by atoms with Crippen LogP contribution in [0.2, 0.25) is 0 Å². The molecule has 7 rings (SSSR count).